The highest BCUT2D eigenvalue weighted by molar-refractivity contribution is 6.32. The number of benzene rings is 1. The fourth-order valence-corrected chi connectivity index (χ4v) is 4.17. The number of rotatable bonds is 8. The van der Waals surface area contributed by atoms with Crippen molar-refractivity contribution < 1.29 is 27.5 Å². The average molecular weight is 519 g/mol. The van der Waals surface area contributed by atoms with Crippen molar-refractivity contribution in [1.29, 1.82) is 0 Å². The van der Waals surface area contributed by atoms with Gasteiger partial charge in [0.15, 0.2) is 5.54 Å². The van der Waals surface area contributed by atoms with Crippen molar-refractivity contribution in [3.8, 4) is 5.75 Å². The molecule has 0 saturated heterocycles. The van der Waals surface area contributed by atoms with Crippen molar-refractivity contribution in [2.75, 3.05) is 4.90 Å². The fraction of sp³-hybridized carbons (Fsp3) is 0.455. The molecule has 0 aliphatic heterocycles. The molecule has 7 nitrogen and oxygen atoms in total. The summed E-state index contributed by atoms with van der Waals surface area (Å²) in [5.74, 6) is -2.13. The van der Waals surface area contributed by atoms with E-state index in [2.05, 4.69) is 20.0 Å². The third kappa shape index (κ3) is 6.09. The maximum absolute atomic E-state index is 14.2. The number of hydrogen-bond donors (Lipinski definition) is 1. The summed E-state index contributed by atoms with van der Waals surface area (Å²) in [6, 6.07) is 4.51. The molecule has 1 heterocycles. The van der Waals surface area contributed by atoms with Gasteiger partial charge in [-0.2, -0.15) is 0 Å². The van der Waals surface area contributed by atoms with Crippen LogP contribution in [0.3, 0.4) is 0 Å². The van der Waals surface area contributed by atoms with E-state index < -0.39 is 28.6 Å². The first-order valence-electron chi connectivity index (χ1n) is 10.6. The second-order valence-electron chi connectivity index (χ2n) is 8.02. The van der Waals surface area contributed by atoms with E-state index in [-0.39, 0.29) is 23.0 Å². The van der Waals surface area contributed by atoms with Crippen LogP contribution >= 0.6 is 23.2 Å². The highest BCUT2D eigenvalue weighted by Gasteiger charge is 2.47. The molecular weight excluding hydrogens is 496 g/mol. The Hall–Kier alpha value is -2.59. The third-order valence-corrected chi connectivity index (χ3v) is 5.95. The van der Waals surface area contributed by atoms with Crippen LogP contribution in [-0.4, -0.2) is 39.0 Å². The Morgan fingerprint density at radius 3 is 2.26 bits per heavy atom. The highest BCUT2D eigenvalue weighted by atomic mass is 35.5. The largest absolute Gasteiger partial charge is 0.487 e. The van der Waals surface area contributed by atoms with Crippen LogP contribution in [-0.2, 0) is 15.1 Å². The van der Waals surface area contributed by atoms with Gasteiger partial charge in [0.25, 0.3) is 17.4 Å². The summed E-state index contributed by atoms with van der Waals surface area (Å²) in [5, 5.41) is 2.95. The van der Waals surface area contributed by atoms with Gasteiger partial charge in [-0.25, -0.2) is 14.4 Å². The van der Waals surface area contributed by atoms with E-state index >= 15 is 0 Å². The van der Waals surface area contributed by atoms with E-state index in [4.69, 9.17) is 23.2 Å². The van der Waals surface area contributed by atoms with Crippen LogP contribution in [0.1, 0.15) is 44.6 Å². The van der Waals surface area contributed by atoms with E-state index in [1.807, 2.05) is 0 Å². The Balaban J connectivity index is 2.07. The van der Waals surface area contributed by atoms with Gasteiger partial charge in [-0.1, -0.05) is 30.9 Å². The normalized spacial score (nSPS) is 17.4. The molecule has 2 amide bonds. The monoisotopic (exact) mass is 518 g/mol. The van der Waals surface area contributed by atoms with Crippen LogP contribution in [0, 0.1) is 0 Å². The summed E-state index contributed by atoms with van der Waals surface area (Å²) in [6.45, 7) is 1.42. The number of carbonyl (C=O) groups excluding carboxylic acids is 2. The van der Waals surface area contributed by atoms with Gasteiger partial charge in [-0.15, -0.1) is 8.78 Å². The van der Waals surface area contributed by atoms with Crippen LogP contribution in [0.25, 0.3) is 0 Å². The standard InChI is InChI=1S/C22H23Cl2F3N4O3/c1-21(14-11-28-13-29-12-14,20(33)30-15-5-3-2-4-6-15)31(19(32)18(23)25)16-7-9-17(10-8-16)34-22(24,26)27/h7-13,15,18H,2-6H2,1H3,(H,30,33)/t18-,21+/m0/s1. The fourth-order valence-electron chi connectivity index (χ4n) is 3.99. The van der Waals surface area contributed by atoms with Gasteiger partial charge in [-0.05, 0) is 44.0 Å². The second kappa shape index (κ2) is 10.8. The lowest BCUT2D eigenvalue weighted by atomic mass is 9.88. The lowest BCUT2D eigenvalue weighted by Crippen LogP contribution is -2.60. The number of nitrogens with zero attached hydrogens (tertiary/aromatic N) is 3. The molecule has 2 aromatic rings. The van der Waals surface area contributed by atoms with E-state index in [0.29, 0.717) is 0 Å². The Labute approximate surface area is 204 Å². The smallest absolute Gasteiger partial charge is 0.420 e. The Bertz CT molecular complexity index is 987. The minimum absolute atomic E-state index is 0.00341. The molecule has 34 heavy (non-hydrogen) atoms. The maximum atomic E-state index is 14.2. The predicted octanol–water partition coefficient (Wildman–Crippen LogP) is 4.88. The summed E-state index contributed by atoms with van der Waals surface area (Å²) < 4.78 is 44.4. The molecule has 184 valence electrons. The molecule has 3 rings (SSSR count). The summed E-state index contributed by atoms with van der Waals surface area (Å²) >= 11 is 10.3. The van der Waals surface area contributed by atoms with E-state index in [1.165, 1.54) is 37.8 Å². The third-order valence-electron chi connectivity index (χ3n) is 5.69. The molecule has 1 aromatic heterocycles. The molecule has 1 N–H and O–H groups in total. The number of alkyl halides is 5. The Morgan fingerprint density at radius 2 is 1.74 bits per heavy atom. The van der Waals surface area contributed by atoms with Gasteiger partial charge >= 0.3 is 5.57 Å². The van der Waals surface area contributed by atoms with Crippen LogP contribution in [0.4, 0.5) is 18.9 Å². The predicted molar refractivity (Wildman–Crippen MR) is 121 cm³/mol. The first kappa shape index (κ1) is 26.0. The molecule has 0 radical (unpaired) electrons. The zero-order valence-electron chi connectivity index (χ0n) is 18.2. The summed E-state index contributed by atoms with van der Waals surface area (Å²) in [5.41, 5.74) is -8.07. The van der Waals surface area contributed by atoms with Gasteiger partial charge in [0.1, 0.15) is 12.1 Å². The lowest BCUT2D eigenvalue weighted by Gasteiger charge is -2.41. The molecule has 1 aliphatic carbocycles. The maximum Gasteiger partial charge on any atom is 0.487 e. The number of nitrogens with one attached hydrogen (secondary N) is 1. The van der Waals surface area contributed by atoms with Crippen molar-refractivity contribution in [3.63, 3.8) is 0 Å². The highest BCUT2D eigenvalue weighted by Crippen LogP contribution is 2.36. The number of aromatic nitrogens is 2. The number of anilines is 1. The van der Waals surface area contributed by atoms with Crippen molar-refractivity contribution >= 4 is 40.7 Å². The summed E-state index contributed by atoms with van der Waals surface area (Å²) in [4.78, 5) is 35.4. The second-order valence-corrected chi connectivity index (χ2v) is 8.85. The van der Waals surface area contributed by atoms with Crippen molar-refractivity contribution in [1.82, 2.24) is 15.3 Å². The van der Waals surface area contributed by atoms with Gasteiger partial charge in [0, 0.05) is 41.3 Å². The van der Waals surface area contributed by atoms with Gasteiger partial charge in [-0.3, -0.25) is 14.5 Å². The van der Waals surface area contributed by atoms with Crippen molar-refractivity contribution in [3.05, 3.63) is 48.5 Å². The van der Waals surface area contributed by atoms with Crippen LogP contribution in [0.2, 0.25) is 0 Å². The quantitative estimate of drug-likeness (QED) is 0.503. The molecule has 0 bridgehead atoms. The minimum Gasteiger partial charge on any atom is -0.420 e. The number of amides is 2. The molecule has 0 unspecified atom stereocenters. The van der Waals surface area contributed by atoms with Gasteiger partial charge in [0.05, 0.1) is 0 Å². The average Bonchev–Trinajstić information content (AvgIpc) is 2.80. The number of hydrogen-bond acceptors (Lipinski definition) is 5. The van der Waals surface area contributed by atoms with E-state index in [0.717, 1.165) is 49.1 Å². The Morgan fingerprint density at radius 1 is 1.15 bits per heavy atom. The van der Waals surface area contributed by atoms with E-state index in [9.17, 15) is 22.8 Å². The minimum atomic E-state index is -3.95. The molecule has 12 heteroatoms. The first-order chi connectivity index (χ1) is 16.0. The van der Waals surface area contributed by atoms with Crippen molar-refractivity contribution in [2.45, 2.75) is 61.8 Å². The number of ether oxygens (including phenoxy) is 1. The van der Waals surface area contributed by atoms with Crippen LogP contribution in [0.5, 0.6) is 5.75 Å². The van der Waals surface area contributed by atoms with E-state index in [1.54, 1.807) is 0 Å². The lowest BCUT2D eigenvalue weighted by molar-refractivity contribution is -0.131. The first-order valence-corrected chi connectivity index (χ1v) is 11.4. The van der Waals surface area contributed by atoms with Gasteiger partial charge in [0.2, 0.25) is 0 Å². The molecule has 1 aromatic carbocycles. The summed E-state index contributed by atoms with van der Waals surface area (Å²) in [7, 11) is 0. The molecule has 0 spiro atoms. The SMILES string of the molecule is C[C@](C(=O)NC1CCCCC1)(c1cncnc1)N(C(=O)[C@H](F)Cl)c1ccc(OC(F)(F)Cl)cc1. The topological polar surface area (TPSA) is 84.4 Å². The number of halogens is 5. The zero-order chi connectivity index (χ0) is 24.9. The van der Waals surface area contributed by atoms with Crippen LogP contribution in [0.15, 0.2) is 43.0 Å². The molecule has 1 aliphatic rings. The zero-order valence-corrected chi connectivity index (χ0v) is 19.7. The molecule has 1 fully saturated rings. The molecular formula is C22H23Cl2F3N4O3. The molecule has 2 atom stereocenters. The number of carbonyl (C=O) groups is 2. The molecule has 1 saturated carbocycles. The Kier molecular flexibility index (Phi) is 8.25. The van der Waals surface area contributed by atoms with Gasteiger partial charge < -0.3 is 10.1 Å². The van der Waals surface area contributed by atoms with Crippen LogP contribution < -0.4 is 15.0 Å². The van der Waals surface area contributed by atoms with Crippen molar-refractivity contribution in [2.24, 2.45) is 0 Å². The summed E-state index contributed by atoms with van der Waals surface area (Å²) in [6.07, 6.45) is 8.39.